The lowest BCUT2D eigenvalue weighted by Gasteiger charge is -2.44. The fourth-order valence-electron chi connectivity index (χ4n) is 4.38. The zero-order valence-corrected chi connectivity index (χ0v) is 18.7. The standard InChI is InChI=1S/C23H42O4/c1-16(2)13-23(20-11-9-8-10-12-20,22(25)27-15-18(5)6)19(7)21(24)26-14-17(3)4/h16-20H,8-15H2,1-7H3. The molecule has 2 atom stereocenters. The third-order valence-corrected chi connectivity index (χ3v) is 5.69. The van der Waals surface area contributed by atoms with Crippen molar-refractivity contribution in [1.82, 2.24) is 0 Å². The molecule has 0 heterocycles. The Labute approximate surface area is 166 Å². The largest absolute Gasteiger partial charge is 0.465 e. The molecule has 0 spiro atoms. The van der Waals surface area contributed by atoms with E-state index in [1.54, 1.807) is 0 Å². The van der Waals surface area contributed by atoms with Crippen molar-refractivity contribution in [2.75, 3.05) is 13.2 Å². The first-order valence-electron chi connectivity index (χ1n) is 10.9. The first kappa shape index (κ1) is 24.0. The zero-order chi connectivity index (χ0) is 20.6. The van der Waals surface area contributed by atoms with Crippen LogP contribution in [0.1, 0.15) is 87.0 Å². The molecule has 1 aliphatic carbocycles. The van der Waals surface area contributed by atoms with Crippen molar-refractivity contribution in [3.63, 3.8) is 0 Å². The maximum atomic E-state index is 13.5. The second-order valence-electron chi connectivity index (χ2n) is 9.71. The SMILES string of the molecule is CC(C)COC(=O)C(C)C(CC(C)C)(C(=O)OCC(C)C)C1CCCCC1. The molecule has 0 aliphatic heterocycles. The van der Waals surface area contributed by atoms with E-state index < -0.39 is 11.3 Å². The first-order valence-corrected chi connectivity index (χ1v) is 10.9. The van der Waals surface area contributed by atoms with Crippen LogP contribution >= 0.6 is 0 Å². The minimum absolute atomic E-state index is 0.189. The van der Waals surface area contributed by atoms with Gasteiger partial charge in [-0.2, -0.15) is 0 Å². The van der Waals surface area contributed by atoms with Crippen LogP contribution in [0.5, 0.6) is 0 Å². The van der Waals surface area contributed by atoms with Gasteiger partial charge in [-0.15, -0.1) is 0 Å². The third kappa shape index (κ3) is 6.80. The van der Waals surface area contributed by atoms with Gasteiger partial charge in [-0.25, -0.2) is 0 Å². The number of ether oxygens (including phenoxy) is 2. The maximum Gasteiger partial charge on any atom is 0.313 e. The van der Waals surface area contributed by atoms with E-state index in [-0.39, 0.29) is 29.7 Å². The quantitative estimate of drug-likeness (QED) is 0.459. The monoisotopic (exact) mass is 382 g/mol. The fourth-order valence-corrected chi connectivity index (χ4v) is 4.38. The van der Waals surface area contributed by atoms with Gasteiger partial charge in [0.1, 0.15) is 0 Å². The molecule has 0 aromatic rings. The second kappa shape index (κ2) is 11.1. The van der Waals surface area contributed by atoms with Crippen LogP contribution in [0.25, 0.3) is 0 Å². The van der Waals surface area contributed by atoms with Crippen LogP contribution in [0.4, 0.5) is 0 Å². The molecule has 2 unspecified atom stereocenters. The minimum atomic E-state index is -0.780. The summed E-state index contributed by atoms with van der Waals surface area (Å²) in [5.74, 6) is 0.126. The van der Waals surface area contributed by atoms with E-state index in [0.717, 1.165) is 25.7 Å². The number of rotatable bonds is 10. The lowest BCUT2D eigenvalue weighted by Crippen LogP contribution is -2.50. The summed E-state index contributed by atoms with van der Waals surface area (Å²) >= 11 is 0. The average molecular weight is 383 g/mol. The Balaban J connectivity index is 3.22. The van der Waals surface area contributed by atoms with Crippen molar-refractivity contribution in [3.05, 3.63) is 0 Å². The van der Waals surface area contributed by atoms with E-state index in [1.807, 2.05) is 34.6 Å². The summed E-state index contributed by atoms with van der Waals surface area (Å²) in [7, 11) is 0. The first-order chi connectivity index (χ1) is 12.6. The molecule has 0 amide bonds. The van der Waals surface area contributed by atoms with Crippen LogP contribution in [-0.4, -0.2) is 25.2 Å². The summed E-state index contributed by atoms with van der Waals surface area (Å²) in [6, 6.07) is 0. The van der Waals surface area contributed by atoms with Crippen molar-refractivity contribution >= 4 is 11.9 Å². The van der Waals surface area contributed by atoms with Gasteiger partial charge in [-0.1, -0.05) is 67.7 Å². The van der Waals surface area contributed by atoms with Crippen LogP contribution in [0.2, 0.25) is 0 Å². The lowest BCUT2D eigenvalue weighted by atomic mass is 9.59. The highest BCUT2D eigenvalue weighted by Crippen LogP contribution is 2.49. The van der Waals surface area contributed by atoms with Gasteiger partial charge in [0.25, 0.3) is 0 Å². The van der Waals surface area contributed by atoms with E-state index in [4.69, 9.17) is 9.47 Å². The van der Waals surface area contributed by atoms with Gasteiger partial charge in [0.05, 0.1) is 24.5 Å². The molecule has 0 saturated heterocycles. The van der Waals surface area contributed by atoms with Gasteiger partial charge in [-0.3, -0.25) is 9.59 Å². The van der Waals surface area contributed by atoms with Crippen molar-refractivity contribution in [1.29, 1.82) is 0 Å². The Morgan fingerprint density at radius 3 is 1.81 bits per heavy atom. The average Bonchev–Trinajstić information content (AvgIpc) is 2.61. The van der Waals surface area contributed by atoms with E-state index in [1.165, 1.54) is 6.42 Å². The molecule has 0 aromatic heterocycles. The number of carbonyl (C=O) groups is 2. The maximum absolute atomic E-state index is 13.5. The van der Waals surface area contributed by atoms with Crippen molar-refractivity contribution in [3.8, 4) is 0 Å². The summed E-state index contributed by atoms with van der Waals surface area (Å²) in [6.45, 7) is 15.1. The fraction of sp³-hybridized carbons (Fsp3) is 0.913. The Morgan fingerprint density at radius 2 is 1.33 bits per heavy atom. The molecule has 0 N–H and O–H groups in total. The summed E-state index contributed by atoms with van der Waals surface area (Å²) in [5.41, 5.74) is -0.780. The predicted octanol–water partition coefficient (Wildman–Crippen LogP) is 5.63. The zero-order valence-electron chi connectivity index (χ0n) is 18.7. The Bertz CT molecular complexity index is 463. The molecule has 1 saturated carbocycles. The van der Waals surface area contributed by atoms with E-state index >= 15 is 0 Å². The number of carbonyl (C=O) groups excluding carboxylic acids is 2. The molecule has 0 radical (unpaired) electrons. The summed E-state index contributed by atoms with van der Waals surface area (Å²) in [5, 5.41) is 0. The van der Waals surface area contributed by atoms with Gasteiger partial charge in [-0.05, 0) is 42.9 Å². The van der Waals surface area contributed by atoms with Crippen molar-refractivity contribution in [2.45, 2.75) is 87.0 Å². The normalized spacial score (nSPS) is 19.2. The van der Waals surface area contributed by atoms with Gasteiger partial charge < -0.3 is 9.47 Å². The minimum Gasteiger partial charge on any atom is -0.465 e. The van der Waals surface area contributed by atoms with Gasteiger partial charge >= 0.3 is 11.9 Å². The lowest BCUT2D eigenvalue weighted by molar-refractivity contribution is -0.178. The van der Waals surface area contributed by atoms with Gasteiger partial charge in [0.2, 0.25) is 0 Å². The Morgan fingerprint density at radius 1 is 0.815 bits per heavy atom. The molecule has 1 fully saturated rings. The molecule has 158 valence electrons. The van der Waals surface area contributed by atoms with Gasteiger partial charge in [0.15, 0.2) is 0 Å². The number of esters is 2. The molecule has 1 rings (SSSR count). The highest BCUT2D eigenvalue weighted by Gasteiger charge is 2.54. The summed E-state index contributed by atoms with van der Waals surface area (Å²) < 4.78 is 11.3. The number of hydrogen-bond acceptors (Lipinski definition) is 4. The third-order valence-electron chi connectivity index (χ3n) is 5.69. The van der Waals surface area contributed by atoms with Crippen LogP contribution in [0.15, 0.2) is 0 Å². The molecular weight excluding hydrogens is 340 g/mol. The Hall–Kier alpha value is -1.06. The van der Waals surface area contributed by atoms with Crippen LogP contribution in [0.3, 0.4) is 0 Å². The van der Waals surface area contributed by atoms with E-state index in [2.05, 4.69) is 13.8 Å². The highest BCUT2D eigenvalue weighted by atomic mass is 16.5. The highest BCUT2D eigenvalue weighted by molar-refractivity contribution is 5.85. The molecule has 1 aliphatic rings. The smallest absolute Gasteiger partial charge is 0.313 e. The molecular formula is C23H42O4. The summed E-state index contributed by atoms with van der Waals surface area (Å²) in [6.07, 6.45) is 6.11. The van der Waals surface area contributed by atoms with Crippen LogP contribution < -0.4 is 0 Å². The second-order valence-corrected chi connectivity index (χ2v) is 9.71. The molecule has 0 bridgehead atoms. The molecule has 27 heavy (non-hydrogen) atoms. The topological polar surface area (TPSA) is 52.6 Å². The van der Waals surface area contributed by atoms with E-state index in [0.29, 0.717) is 25.6 Å². The molecule has 4 heteroatoms. The Kier molecular flexibility index (Phi) is 9.83. The predicted molar refractivity (Wildman–Crippen MR) is 109 cm³/mol. The molecule has 0 aromatic carbocycles. The molecule has 4 nitrogen and oxygen atoms in total. The van der Waals surface area contributed by atoms with Crippen molar-refractivity contribution < 1.29 is 19.1 Å². The van der Waals surface area contributed by atoms with Crippen molar-refractivity contribution in [2.24, 2.45) is 35.0 Å². The number of hydrogen-bond donors (Lipinski definition) is 0. The summed E-state index contributed by atoms with van der Waals surface area (Å²) in [4.78, 5) is 26.4. The van der Waals surface area contributed by atoms with Gasteiger partial charge in [0, 0.05) is 0 Å². The van der Waals surface area contributed by atoms with E-state index in [9.17, 15) is 9.59 Å². The van der Waals surface area contributed by atoms with Crippen LogP contribution in [0, 0.1) is 35.0 Å². The van der Waals surface area contributed by atoms with Crippen LogP contribution in [-0.2, 0) is 19.1 Å².